The van der Waals surface area contributed by atoms with Crippen molar-refractivity contribution in [2.24, 2.45) is 0 Å². The summed E-state index contributed by atoms with van der Waals surface area (Å²) in [5.41, 5.74) is 4.49. The minimum absolute atomic E-state index is 0.343. The molecule has 0 unspecified atom stereocenters. The first-order valence-corrected chi connectivity index (χ1v) is 10.4. The van der Waals surface area contributed by atoms with Crippen LogP contribution in [0.2, 0.25) is 0 Å². The number of aromatic nitrogens is 1. The largest absolute Gasteiger partial charge is 0.452 e. The molecule has 1 aliphatic heterocycles. The zero-order valence-electron chi connectivity index (χ0n) is 17.5. The number of rotatable bonds is 6. The molecule has 1 saturated heterocycles. The van der Waals surface area contributed by atoms with Crippen LogP contribution in [0.25, 0.3) is 17.0 Å². The Morgan fingerprint density at radius 1 is 1.13 bits per heavy atom. The van der Waals surface area contributed by atoms with Crippen molar-refractivity contribution in [3.8, 4) is 0 Å². The molecule has 0 atom stereocenters. The maximum atomic E-state index is 12.2. The number of hydrogen-bond donors (Lipinski definition) is 1. The Bertz CT molecular complexity index is 1130. The monoisotopic (exact) mass is 415 g/mol. The second kappa shape index (κ2) is 9.43. The summed E-state index contributed by atoms with van der Waals surface area (Å²) in [6.45, 7) is 3.76. The lowest BCUT2D eigenvalue weighted by Crippen LogP contribution is -2.21. The fourth-order valence-corrected chi connectivity index (χ4v) is 3.75. The maximum Gasteiger partial charge on any atom is 0.331 e. The molecule has 0 aliphatic carbocycles. The van der Waals surface area contributed by atoms with E-state index < -0.39 is 5.97 Å². The first-order valence-electron chi connectivity index (χ1n) is 10.4. The van der Waals surface area contributed by atoms with Gasteiger partial charge in [-0.15, -0.1) is 0 Å². The van der Waals surface area contributed by atoms with Gasteiger partial charge in [0.2, 0.25) is 0 Å². The molecule has 2 aromatic carbocycles. The molecule has 0 saturated carbocycles. The Labute approximate surface area is 181 Å². The summed E-state index contributed by atoms with van der Waals surface area (Å²) in [4.78, 5) is 31.0. The molecule has 158 valence electrons. The summed E-state index contributed by atoms with van der Waals surface area (Å²) in [7, 11) is 0. The van der Waals surface area contributed by atoms with Crippen LogP contribution in [-0.2, 0) is 14.3 Å². The summed E-state index contributed by atoms with van der Waals surface area (Å²) in [5, 5.41) is 3.80. The van der Waals surface area contributed by atoms with Crippen molar-refractivity contribution in [2.45, 2.75) is 19.8 Å². The Balaban J connectivity index is 1.31. The normalized spacial score (nSPS) is 13.6. The number of nitrogens with zero attached hydrogens (tertiary/aromatic N) is 2. The molecule has 1 amide bonds. The predicted octanol–water partition coefficient (Wildman–Crippen LogP) is 4.34. The van der Waals surface area contributed by atoms with Gasteiger partial charge in [-0.2, -0.15) is 0 Å². The molecule has 2 heterocycles. The SMILES string of the molecule is Cc1cc(N2CCCC2)ccc1NC(=O)COC(=O)/C=C/c1cccc2cccnc12. The number of benzene rings is 2. The summed E-state index contributed by atoms with van der Waals surface area (Å²) in [6.07, 6.45) is 7.11. The minimum atomic E-state index is -0.579. The number of ether oxygens (including phenoxy) is 1. The van der Waals surface area contributed by atoms with E-state index in [1.165, 1.54) is 24.6 Å². The molecule has 1 N–H and O–H groups in total. The summed E-state index contributed by atoms with van der Waals surface area (Å²) < 4.78 is 5.09. The highest BCUT2D eigenvalue weighted by molar-refractivity contribution is 5.96. The third-order valence-corrected chi connectivity index (χ3v) is 5.36. The van der Waals surface area contributed by atoms with Crippen molar-refractivity contribution >= 4 is 40.2 Å². The van der Waals surface area contributed by atoms with E-state index in [0.29, 0.717) is 0 Å². The number of amides is 1. The van der Waals surface area contributed by atoms with E-state index in [1.54, 1.807) is 12.3 Å². The molecule has 0 bridgehead atoms. The standard InChI is InChI=1S/C25H25N3O3/c1-18-16-21(28-14-2-3-15-28)10-11-22(18)27-23(29)17-31-24(30)12-9-20-7-4-6-19-8-5-13-26-25(19)20/h4-13,16H,2-3,14-15,17H2,1H3,(H,27,29)/b12-9+. The molecule has 1 fully saturated rings. The van der Waals surface area contributed by atoms with Crippen molar-refractivity contribution in [2.75, 3.05) is 29.9 Å². The van der Waals surface area contributed by atoms with Gasteiger partial charge in [0.15, 0.2) is 6.61 Å². The van der Waals surface area contributed by atoms with Crippen molar-refractivity contribution in [3.05, 3.63) is 71.9 Å². The number of hydrogen-bond acceptors (Lipinski definition) is 5. The Morgan fingerprint density at radius 2 is 1.94 bits per heavy atom. The van der Waals surface area contributed by atoms with Crippen LogP contribution in [0.3, 0.4) is 0 Å². The Kier molecular flexibility index (Phi) is 6.26. The van der Waals surface area contributed by atoms with Crippen LogP contribution in [0, 0.1) is 6.92 Å². The van der Waals surface area contributed by atoms with Gasteiger partial charge in [0.1, 0.15) is 0 Å². The topological polar surface area (TPSA) is 71.5 Å². The van der Waals surface area contributed by atoms with Crippen LogP contribution < -0.4 is 10.2 Å². The maximum absolute atomic E-state index is 12.2. The lowest BCUT2D eigenvalue weighted by molar-refractivity contribution is -0.142. The van der Waals surface area contributed by atoms with Gasteiger partial charge in [-0.05, 0) is 55.7 Å². The van der Waals surface area contributed by atoms with Crippen LogP contribution in [0.4, 0.5) is 11.4 Å². The fraction of sp³-hybridized carbons (Fsp3) is 0.240. The highest BCUT2D eigenvalue weighted by atomic mass is 16.5. The molecule has 6 nitrogen and oxygen atoms in total. The molecule has 6 heteroatoms. The summed E-state index contributed by atoms with van der Waals surface area (Å²) in [5.74, 6) is -0.949. The molecule has 1 aromatic heterocycles. The zero-order valence-corrected chi connectivity index (χ0v) is 17.5. The second-order valence-corrected chi connectivity index (χ2v) is 7.60. The molecule has 1 aliphatic rings. The van der Waals surface area contributed by atoms with E-state index in [9.17, 15) is 9.59 Å². The van der Waals surface area contributed by atoms with Gasteiger partial charge in [0, 0.05) is 47.7 Å². The first kappa shape index (κ1) is 20.6. The number of carbonyl (C=O) groups excluding carboxylic acids is 2. The Hall–Kier alpha value is -3.67. The summed E-state index contributed by atoms with van der Waals surface area (Å²) in [6, 6.07) is 15.6. The highest BCUT2D eigenvalue weighted by Gasteiger charge is 2.14. The Morgan fingerprint density at radius 3 is 2.74 bits per heavy atom. The molecule has 31 heavy (non-hydrogen) atoms. The minimum Gasteiger partial charge on any atom is -0.452 e. The van der Waals surface area contributed by atoms with E-state index >= 15 is 0 Å². The van der Waals surface area contributed by atoms with E-state index in [0.717, 1.165) is 40.8 Å². The van der Waals surface area contributed by atoms with Gasteiger partial charge in [0.25, 0.3) is 5.91 Å². The highest BCUT2D eigenvalue weighted by Crippen LogP contribution is 2.25. The number of pyridine rings is 1. The molecule has 0 radical (unpaired) electrons. The number of fused-ring (bicyclic) bond motifs is 1. The number of carbonyl (C=O) groups is 2. The average Bonchev–Trinajstić information content (AvgIpc) is 3.32. The number of esters is 1. The van der Waals surface area contributed by atoms with Crippen molar-refractivity contribution in [1.82, 2.24) is 4.98 Å². The third kappa shape index (κ3) is 5.09. The average molecular weight is 415 g/mol. The predicted molar refractivity (Wildman–Crippen MR) is 123 cm³/mol. The van der Waals surface area contributed by atoms with E-state index in [1.807, 2.05) is 49.4 Å². The molecule has 0 spiro atoms. The summed E-state index contributed by atoms with van der Waals surface area (Å²) >= 11 is 0. The molecule has 4 rings (SSSR count). The van der Waals surface area contributed by atoms with Gasteiger partial charge in [-0.25, -0.2) is 4.79 Å². The number of nitrogens with one attached hydrogen (secondary N) is 1. The van der Waals surface area contributed by atoms with Crippen LogP contribution in [0.5, 0.6) is 0 Å². The van der Waals surface area contributed by atoms with Crippen molar-refractivity contribution in [3.63, 3.8) is 0 Å². The first-order chi connectivity index (χ1) is 15.1. The smallest absolute Gasteiger partial charge is 0.331 e. The second-order valence-electron chi connectivity index (χ2n) is 7.60. The molecule has 3 aromatic rings. The number of anilines is 2. The van der Waals surface area contributed by atoms with Crippen LogP contribution in [0.15, 0.2) is 60.8 Å². The molecular formula is C25H25N3O3. The van der Waals surface area contributed by atoms with E-state index in [-0.39, 0.29) is 12.5 Å². The molecular weight excluding hydrogens is 390 g/mol. The third-order valence-electron chi connectivity index (χ3n) is 5.36. The van der Waals surface area contributed by atoms with Crippen LogP contribution in [0.1, 0.15) is 24.0 Å². The van der Waals surface area contributed by atoms with Gasteiger partial charge < -0.3 is 15.0 Å². The number of aryl methyl sites for hydroxylation is 1. The van der Waals surface area contributed by atoms with Gasteiger partial charge in [0.05, 0.1) is 5.52 Å². The lowest BCUT2D eigenvalue weighted by atomic mass is 10.1. The van der Waals surface area contributed by atoms with Gasteiger partial charge >= 0.3 is 5.97 Å². The number of para-hydroxylation sites is 1. The fourth-order valence-electron chi connectivity index (χ4n) is 3.75. The van der Waals surface area contributed by atoms with Crippen molar-refractivity contribution < 1.29 is 14.3 Å². The lowest BCUT2D eigenvalue weighted by Gasteiger charge is -2.19. The van der Waals surface area contributed by atoms with Gasteiger partial charge in [-0.1, -0.05) is 24.3 Å². The van der Waals surface area contributed by atoms with Crippen LogP contribution in [-0.4, -0.2) is 36.6 Å². The van der Waals surface area contributed by atoms with Gasteiger partial charge in [-0.3, -0.25) is 9.78 Å². The van der Waals surface area contributed by atoms with Crippen LogP contribution >= 0.6 is 0 Å². The van der Waals surface area contributed by atoms with Crippen molar-refractivity contribution in [1.29, 1.82) is 0 Å². The zero-order chi connectivity index (χ0) is 21.6. The van der Waals surface area contributed by atoms with E-state index in [4.69, 9.17) is 4.74 Å². The van der Waals surface area contributed by atoms with E-state index in [2.05, 4.69) is 21.3 Å². The quantitative estimate of drug-likeness (QED) is 0.479.